The molecule has 1 aromatic rings. The Balaban J connectivity index is 1.83. The van der Waals surface area contributed by atoms with Gasteiger partial charge in [0.2, 0.25) is 0 Å². The first-order valence-corrected chi connectivity index (χ1v) is 7.65. The van der Waals surface area contributed by atoms with Gasteiger partial charge in [0.15, 0.2) is 5.16 Å². The van der Waals surface area contributed by atoms with Crippen molar-refractivity contribution in [2.24, 2.45) is 0 Å². The van der Waals surface area contributed by atoms with Gasteiger partial charge in [-0.25, -0.2) is 0 Å². The van der Waals surface area contributed by atoms with Crippen molar-refractivity contribution < 1.29 is 9.90 Å². The summed E-state index contributed by atoms with van der Waals surface area (Å²) < 4.78 is 2.16. The van der Waals surface area contributed by atoms with Crippen LogP contribution in [0.1, 0.15) is 31.1 Å². The second-order valence-corrected chi connectivity index (χ2v) is 6.13. The summed E-state index contributed by atoms with van der Waals surface area (Å²) in [6.07, 6.45) is 3.61. The number of aryl methyl sites for hydroxylation is 1. The lowest BCUT2D eigenvalue weighted by Gasteiger charge is -2.23. The van der Waals surface area contributed by atoms with Crippen LogP contribution >= 0.6 is 11.8 Å². The van der Waals surface area contributed by atoms with Gasteiger partial charge < -0.3 is 9.67 Å². The first kappa shape index (κ1) is 12.9. The van der Waals surface area contributed by atoms with E-state index >= 15 is 0 Å². The first-order valence-electron chi connectivity index (χ1n) is 6.67. The average Bonchev–Trinajstić information content (AvgIpc) is 3.02. The topological polar surface area (TPSA) is 71.2 Å². The molecule has 0 amide bonds. The lowest BCUT2D eigenvalue weighted by Crippen LogP contribution is -2.28. The van der Waals surface area contributed by atoms with Crippen molar-refractivity contribution >= 4 is 17.7 Å². The van der Waals surface area contributed by atoms with E-state index < -0.39 is 5.97 Å². The van der Waals surface area contributed by atoms with Gasteiger partial charge in [-0.15, -0.1) is 10.2 Å². The molecule has 19 heavy (non-hydrogen) atoms. The van der Waals surface area contributed by atoms with Crippen molar-refractivity contribution in [2.45, 2.75) is 43.4 Å². The molecule has 0 aromatic carbocycles. The van der Waals surface area contributed by atoms with E-state index in [1.54, 1.807) is 0 Å². The van der Waals surface area contributed by atoms with E-state index in [1.165, 1.54) is 31.1 Å². The zero-order valence-electron chi connectivity index (χ0n) is 10.9. The summed E-state index contributed by atoms with van der Waals surface area (Å²) in [5.74, 6) is 0.122. The van der Waals surface area contributed by atoms with Crippen molar-refractivity contribution in [1.82, 2.24) is 19.7 Å². The molecule has 0 radical (unpaired) electrons. The van der Waals surface area contributed by atoms with Crippen LogP contribution in [0.3, 0.4) is 0 Å². The second-order valence-electron chi connectivity index (χ2n) is 5.18. The Hall–Kier alpha value is -1.08. The number of aromatic nitrogens is 3. The van der Waals surface area contributed by atoms with Crippen LogP contribution in [0, 0.1) is 6.92 Å². The molecule has 0 spiro atoms. The number of fused-ring (bicyclic) bond motifs is 1. The fraction of sp³-hybridized carbons (Fsp3) is 0.750. The Morgan fingerprint density at radius 3 is 3.00 bits per heavy atom. The summed E-state index contributed by atoms with van der Waals surface area (Å²) >= 11 is 1.27. The Labute approximate surface area is 116 Å². The highest BCUT2D eigenvalue weighted by Crippen LogP contribution is 2.38. The predicted molar refractivity (Wildman–Crippen MR) is 71.4 cm³/mol. The fourth-order valence-electron chi connectivity index (χ4n) is 3.31. The van der Waals surface area contributed by atoms with Gasteiger partial charge in [-0.2, -0.15) is 0 Å². The monoisotopic (exact) mass is 282 g/mol. The van der Waals surface area contributed by atoms with Crippen molar-refractivity contribution in [1.29, 1.82) is 0 Å². The molecule has 104 valence electrons. The molecule has 0 bridgehead atoms. The quantitative estimate of drug-likeness (QED) is 0.836. The molecule has 3 heterocycles. The average molecular weight is 282 g/mol. The molecule has 7 heteroatoms. The van der Waals surface area contributed by atoms with Crippen LogP contribution in [-0.4, -0.2) is 55.6 Å². The molecule has 3 rings (SSSR count). The minimum Gasteiger partial charge on any atom is -0.481 e. The maximum Gasteiger partial charge on any atom is 0.313 e. The Morgan fingerprint density at radius 1 is 1.37 bits per heavy atom. The van der Waals surface area contributed by atoms with Gasteiger partial charge in [-0.05, 0) is 32.7 Å². The molecular weight excluding hydrogens is 264 g/mol. The third kappa shape index (κ3) is 2.36. The minimum atomic E-state index is -0.814. The number of aliphatic carboxylic acids is 1. The zero-order valence-corrected chi connectivity index (χ0v) is 11.8. The van der Waals surface area contributed by atoms with Gasteiger partial charge in [-0.3, -0.25) is 9.69 Å². The molecule has 2 atom stereocenters. The van der Waals surface area contributed by atoms with Crippen LogP contribution in [0.5, 0.6) is 0 Å². The standard InChI is InChI=1S/C12H18N4O2S/c1-8-13-14-12(19-7-11(17)18)16(8)10-4-6-15-5-2-3-9(10)15/h9-10H,2-7H2,1H3,(H,17,18). The molecule has 0 aliphatic carbocycles. The maximum absolute atomic E-state index is 10.7. The van der Waals surface area contributed by atoms with E-state index in [0.717, 1.165) is 23.9 Å². The first-order chi connectivity index (χ1) is 9.16. The lowest BCUT2D eigenvalue weighted by atomic mass is 10.1. The minimum absolute atomic E-state index is 0.0409. The van der Waals surface area contributed by atoms with E-state index in [0.29, 0.717) is 12.1 Å². The van der Waals surface area contributed by atoms with Gasteiger partial charge in [0.1, 0.15) is 5.82 Å². The van der Waals surface area contributed by atoms with E-state index in [1.807, 2.05) is 6.92 Å². The summed E-state index contributed by atoms with van der Waals surface area (Å²) in [6, 6.07) is 0.993. The number of rotatable bonds is 4. The molecule has 6 nitrogen and oxygen atoms in total. The van der Waals surface area contributed by atoms with Gasteiger partial charge in [-0.1, -0.05) is 11.8 Å². The predicted octanol–water partition coefficient (Wildman–Crippen LogP) is 1.17. The van der Waals surface area contributed by atoms with Gasteiger partial charge >= 0.3 is 5.97 Å². The number of thioether (sulfide) groups is 1. The number of carboxylic acid groups (broad SMARTS) is 1. The highest BCUT2D eigenvalue weighted by Gasteiger charge is 2.39. The van der Waals surface area contributed by atoms with Crippen molar-refractivity contribution in [3.05, 3.63) is 5.82 Å². The second kappa shape index (κ2) is 5.13. The third-order valence-electron chi connectivity index (χ3n) is 4.06. The molecular formula is C12H18N4O2S. The molecule has 2 aliphatic rings. The van der Waals surface area contributed by atoms with Crippen molar-refractivity contribution in [3.8, 4) is 0 Å². The molecule has 2 saturated heterocycles. The van der Waals surface area contributed by atoms with E-state index in [4.69, 9.17) is 5.11 Å². The summed E-state index contributed by atoms with van der Waals surface area (Å²) in [7, 11) is 0. The van der Waals surface area contributed by atoms with E-state index in [2.05, 4.69) is 19.7 Å². The largest absolute Gasteiger partial charge is 0.481 e. The Bertz CT molecular complexity index is 490. The van der Waals surface area contributed by atoms with Crippen LogP contribution < -0.4 is 0 Å². The summed E-state index contributed by atoms with van der Waals surface area (Å²) in [5.41, 5.74) is 0. The molecule has 1 aromatic heterocycles. The molecule has 2 unspecified atom stereocenters. The normalized spacial score (nSPS) is 26.8. The third-order valence-corrected chi connectivity index (χ3v) is 4.99. The van der Waals surface area contributed by atoms with Crippen LogP contribution in [-0.2, 0) is 4.79 Å². The van der Waals surface area contributed by atoms with Crippen LogP contribution in [0.4, 0.5) is 0 Å². The zero-order chi connectivity index (χ0) is 13.4. The van der Waals surface area contributed by atoms with Gasteiger partial charge in [0.05, 0.1) is 11.8 Å². The number of carbonyl (C=O) groups is 1. The summed E-state index contributed by atoms with van der Waals surface area (Å²) in [5, 5.41) is 17.8. The van der Waals surface area contributed by atoms with Crippen molar-refractivity contribution in [2.75, 3.05) is 18.8 Å². The Kier molecular flexibility index (Phi) is 3.49. The summed E-state index contributed by atoms with van der Waals surface area (Å²) in [6.45, 7) is 4.28. The highest BCUT2D eigenvalue weighted by molar-refractivity contribution is 7.99. The van der Waals surface area contributed by atoms with Crippen LogP contribution in [0.2, 0.25) is 0 Å². The molecule has 2 fully saturated rings. The van der Waals surface area contributed by atoms with E-state index in [-0.39, 0.29) is 5.75 Å². The smallest absolute Gasteiger partial charge is 0.313 e. The van der Waals surface area contributed by atoms with Gasteiger partial charge in [0, 0.05) is 12.6 Å². The SMILES string of the molecule is Cc1nnc(SCC(=O)O)n1C1CCN2CCCC12. The van der Waals surface area contributed by atoms with Crippen LogP contribution in [0.15, 0.2) is 5.16 Å². The Morgan fingerprint density at radius 2 is 2.21 bits per heavy atom. The number of hydrogen-bond acceptors (Lipinski definition) is 5. The maximum atomic E-state index is 10.7. The van der Waals surface area contributed by atoms with Gasteiger partial charge in [0.25, 0.3) is 0 Å². The van der Waals surface area contributed by atoms with Crippen LogP contribution in [0.25, 0.3) is 0 Å². The number of nitrogens with zero attached hydrogens (tertiary/aromatic N) is 4. The lowest BCUT2D eigenvalue weighted by molar-refractivity contribution is -0.133. The number of hydrogen-bond donors (Lipinski definition) is 1. The summed E-state index contributed by atoms with van der Waals surface area (Å²) in [4.78, 5) is 13.2. The fourth-order valence-corrected chi connectivity index (χ4v) is 4.07. The highest BCUT2D eigenvalue weighted by atomic mass is 32.2. The van der Waals surface area contributed by atoms with Crippen molar-refractivity contribution in [3.63, 3.8) is 0 Å². The molecule has 1 N–H and O–H groups in total. The van der Waals surface area contributed by atoms with E-state index in [9.17, 15) is 4.79 Å². The molecule has 0 saturated carbocycles. The molecule has 2 aliphatic heterocycles. The number of carboxylic acids is 1.